The van der Waals surface area contributed by atoms with E-state index in [1.54, 1.807) is 47.5 Å². The van der Waals surface area contributed by atoms with Gasteiger partial charge in [-0.1, -0.05) is 13.0 Å². The van der Waals surface area contributed by atoms with Crippen LogP contribution in [0.4, 0.5) is 5.69 Å². The van der Waals surface area contributed by atoms with Crippen molar-refractivity contribution in [2.24, 2.45) is 11.8 Å². The molecule has 0 radical (unpaired) electrons. The first-order valence-corrected chi connectivity index (χ1v) is 14.0. The van der Waals surface area contributed by atoms with Crippen molar-refractivity contribution in [1.82, 2.24) is 9.21 Å². The first-order valence-electron chi connectivity index (χ1n) is 11.6. The van der Waals surface area contributed by atoms with Crippen LogP contribution in [-0.4, -0.2) is 73.4 Å². The summed E-state index contributed by atoms with van der Waals surface area (Å²) in [4.78, 5) is 27.3. The molecule has 1 aliphatic heterocycles. The molecule has 11 heteroatoms. The minimum atomic E-state index is -3.68. The molecule has 2 aromatic rings. The molecule has 35 heavy (non-hydrogen) atoms. The lowest BCUT2D eigenvalue weighted by Gasteiger charge is -2.38. The Morgan fingerprint density at radius 2 is 2.09 bits per heavy atom. The summed E-state index contributed by atoms with van der Waals surface area (Å²) in [6.45, 7) is 3.79. The van der Waals surface area contributed by atoms with E-state index in [1.165, 1.54) is 11.4 Å². The number of ether oxygens (including phenoxy) is 1. The average molecular weight is 522 g/mol. The van der Waals surface area contributed by atoms with Crippen molar-refractivity contribution >= 4 is 38.9 Å². The summed E-state index contributed by atoms with van der Waals surface area (Å²) < 4.78 is 33.8. The molecular weight excluding hydrogens is 490 g/mol. The van der Waals surface area contributed by atoms with Crippen LogP contribution in [0.5, 0.6) is 5.75 Å². The maximum atomic E-state index is 13.5. The van der Waals surface area contributed by atoms with Crippen LogP contribution in [0.25, 0.3) is 0 Å². The standard InChI is InChI=1S/C24H31N3O6S2/c1-15-12-27(16(2)14-28)24(30)19-11-18(25-23(29)17-6-7-17)8-9-20(19)33-21(15)13-26(3)35(31,32)22-5-4-10-34-22/h4-5,8-11,15-17,21,28H,6-7,12-14H2,1-3H3,(H,25,29)/t15-,16-,21+/m0/s1. The summed E-state index contributed by atoms with van der Waals surface area (Å²) in [7, 11) is -2.17. The van der Waals surface area contributed by atoms with Crippen LogP contribution in [0.1, 0.15) is 37.0 Å². The number of anilines is 1. The van der Waals surface area contributed by atoms with Gasteiger partial charge in [-0.25, -0.2) is 8.42 Å². The Bertz CT molecular complexity index is 1180. The number of benzene rings is 1. The Labute approximate surface area is 209 Å². The largest absolute Gasteiger partial charge is 0.488 e. The Hall–Kier alpha value is -2.47. The van der Waals surface area contributed by atoms with E-state index in [1.807, 2.05) is 6.92 Å². The normalized spacial score (nSPS) is 21.6. The summed E-state index contributed by atoms with van der Waals surface area (Å²) in [5.74, 6) is -0.282. The van der Waals surface area contributed by atoms with Gasteiger partial charge in [0.25, 0.3) is 15.9 Å². The van der Waals surface area contributed by atoms with Crippen molar-refractivity contribution in [3.05, 3.63) is 41.3 Å². The van der Waals surface area contributed by atoms with Crippen molar-refractivity contribution < 1.29 is 27.9 Å². The molecule has 2 aliphatic rings. The minimum absolute atomic E-state index is 0.0148. The summed E-state index contributed by atoms with van der Waals surface area (Å²) >= 11 is 1.15. The summed E-state index contributed by atoms with van der Waals surface area (Å²) in [6.07, 6.45) is 1.17. The van der Waals surface area contributed by atoms with Crippen LogP contribution < -0.4 is 10.1 Å². The highest BCUT2D eigenvalue weighted by Gasteiger charge is 2.36. The molecule has 3 atom stereocenters. The molecule has 2 N–H and O–H groups in total. The number of sulfonamides is 1. The van der Waals surface area contributed by atoms with Crippen LogP contribution in [0.3, 0.4) is 0 Å². The SMILES string of the molecule is C[C@H]1CN([C@@H](C)CO)C(=O)c2cc(NC(=O)C3CC3)ccc2O[C@@H]1CN(C)S(=O)(=O)c1cccs1. The molecule has 1 fully saturated rings. The zero-order chi connectivity index (χ0) is 25.3. The van der Waals surface area contributed by atoms with Gasteiger partial charge < -0.3 is 20.1 Å². The number of hydrogen-bond acceptors (Lipinski definition) is 7. The summed E-state index contributed by atoms with van der Waals surface area (Å²) in [6, 6.07) is 7.71. The second-order valence-corrected chi connectivity index (χ2v) is 12.5. The molecule has 4 rings (SSSR count). The van der Waals surface area contributed by atoms with E-state index in [0.29, 0.717) is 11.4 Å². The molecule has 1 aromatic carbocycles. The van der Waals surface area contributed by atoms with E-state index in [2.05, 4.69) is 5.32 Å². The highest BCUT2D eigenvalue weighted by Crippen LogP contribution is 2.33. The van der Waals surface area contributed by atoms with Gasteiger partial charge in [0.1, 0.15) is 16.1 Å². The Morgan fingerprint density at radius 3 is 2.71 bits per heavy atom. The van der Waals surface area contributed by atoms with Crippen molar-refractivity contribution in [2.45, 2.75) is 43.0 Å². The highest BCUT2D eigenvalue weighted by molar-refractivity contribution is 7.91. The third kappa shape index (κ3) is 5.53. The van der Waals surface area contributed by atoms with E-state index < -0.39 is 22.2 Å². The van der Waals surface area contributed by atoms with Crippen LogP contribution in [-0.2, 0) is 14.8 Å². The molecule has 0 bridgehead atoms. The van der Waals surface area contributed by atoms with E-state index in [9.17, 15) is 23.1 Å². The smallest absolute Gasteiger partial charge is 0.258 e. The lowest BCUT2D eigenvalue weighted by Crippen LogP contribution is -2.50. The van der Waals surface area contributed by atoms with Crippen molar-refractivity contribution in [3.8, 4) is 5.75 Å². The Kier molecular flexibility index (Phi) is 7.51. The monoisotopic (exact) mass is 521 g/mol. The molecular formula is C24H31N3O6S2. The molecule has 9 nitrogen and oxygen atoms in total. The number of thiophene rings is 1. The first kappa shape index (κ1) is 25.6. The van der Waals surface area contributed by atoms with E-state index >= 15 is 0 Å². The van der Waals surface area contributed by atoms with Gasteiger partial charge >= 0.3 is 0 Å². The Morgan fingerprint density at radius 1 is 1.34 bits per heavy atom. The number of carbonyl (C=O) groups excluding carboxylic acids is 2. The average Bonchev–Trinajstić information content (AvgIpc) is 3.54. The zero-order valence-electron chi connectivity index (χ0n) is 20.0. The molecule has 1 saturated carbocycles. The molecule has 1 aromatic heterocycles. The van der Waals surface area contributed by atoms with Gasteiger partial charge in [0.05, 0.1) is 24.8 Å². The topological polar surface area (TPSA) is 116 Å². The fourth-order valence-electron chi connectivity index (χ4n) is 4.02. The summed E-state index contributed by atoms with van der Waals surface area (Å²) in [5.41, 5.74) is 0.760. The number of amides is 2. The maximum absolute atomic E-state index is 13.5. The van der Waals surface area contributed by atoms with Crippen molar-refractivity contribution in [1.29, 1.82) is 0 Å². The van der Waals surface area contributed by atoms with Crippen LogP contribution in [0.15, 0.2) is 39.9 Å². The number of carbonyl (C=O) groups is 2. The number of likely N-dealkylation sites (N-methyl/N-ethyl adjacent to an activating group) is 1. The predicted molar refractivity (Wildman–Crippen MR) is 133 cm³/mol. The molecule has 2 amide bonds. The molecule has 0 spiro atoms. The first-order chi connectivity index (χ1) is 16.6. The van der Waals surface area contributed by atoms with E-state index in [4.69, 9.17) is 4.74 Å². The lowest BCUT2D eigenvalue weighted by atomic mass is 9.99. The van der Waals surface area contributed by atoms with Gasteiger partial charge in [-0.15, -0.1) is 11.3 Å². The number of aliphatic hydroxyl groups excluding tert-OH is 1. The number of hydrogen-bond donors (Lipinski definition) is 2. The quantitative estimate of drug-likeness (QED) is 0.552. The number of nitrogens with zero attached hydrogens (tertiary/aromatic N) is 2. The fraction of sp³-hybridized carbons (Fsp3) is 0.500. The molecule has 190 valence electrons. The lowest BCUT2D eigenvalue weighted by molar-refractivity contribution is -0.117. The van der Waals surface area contributed by atoms with Gasteiger partial charge in [0.15, 0.2) is 0 Å². The molecule has 0 saturated heterocycles. The highest BCUT2D eigenvalue weighted by atomic mass is 32.2. The minimum Gasteiger partial charge on any atom is -0.488 e. The third-order valence-electron chi connectivity index (χ3n) is 6.48. The summed E-state index contributed by atoms with van der Waals surface area (Å²) in [5, 5.41) is 14.4. The van der Waals surface area contributed by atoms with Crippen molar-refractivity contribution in [3.63, 3.8) is 0 Å². The van der Waals surface area contributed by atoms with Gasteiger partial charge in [-0.3, -0.25) is 9.59 Å². The second-order valence-electron chi connectivity index (χ2n) is 9.31. The van der Waals surface area contributed by atoms with Crippen molar-refractivity contribution in [2.75, 3.05) is 32.1 Å². The van der Waals surface area contributed by atoms with Gasteiger partial charge in [-0.2, -0.15) is 4.31 Å². The van der Waals surface area contributed by atoms with Crippen LogP contribution in [0, 0.1) is 11.8 Å². The second kappa shape index (κ2) is 10.3. The van der Waals surface area contributed by atoms with E-state index in [0.717, 1.165) is 24.2 Å². The van der Waals surface area contributed by atoms with Gasteiger partial charge in [0, 0.05) is 31.1 Å². The predicted octanol–water partition coefficient (Wildman–Crippen LogP) is 2.64. The van der Waals surface area contributed by atoms with Gasteiger partial charge in [-0.05, 0) is 49.4 Å². The molecule has 2 heterocycles. The number of rotatable bonds is 8. The third-order valence-corrected chi connectivity index (χ3v) is 9.67. The molecule has 0 unspecified atom stereocenters. The van der Waals surface area contributed by atoms with Crippen LogP contribution >= 0.6 is 11.3 Å². The van der Waals surface area contributed by atoms with E-state index in [-0.39, 0.29) is 53.1 Å². The maximum Gasteiger partial charge on any atom is 0.258 e. The number of fused-ring (bicyclic) bond motifs is 1. The van der Waals surface area contributed by atoms with Gasteiger partial charge in [0.2, 0.25) is 5.91 Å². The number of nitrogens with one attached hydrogen (secondary N) is 1. The number of aliphatic hydroxyl groups is 1. The zero-order valence-corrected chi connectivity index (χ0v) is 21.6. The van der Waals surface area contributed by atoms with Crippen LogP contribution in [0.2, 0.25) is 0 Å². The fourth-order valence-corrected chi connectivity index (χ4v) is 6.41. The Balaban J connectivity index is 1.65. The molecule has 1 aliphatic carbocycles.